The van der Waals surface area contributed by atoms with Crippen molar-refractivity contribution in [2.75, 3.05) is 6.54 Å². The van der Waals surface area contributed by atoms with Crippen LogP contribution in [-0.4, -0.2) is 24.0 Å². The SMILES string of the molecule is CC.CC(C)C(=O)c1ccc(CCNC(=O)OC(C)(C)C)cc1. The fraction of sp³-hybridized carbons (Fsp3) is 0.579. The first-order chi connectivity index (χ1) is 10.7. The number of hydrogen-bond acceptors (Lipinski definition) is 3. The molecule has 0 radical (unpaired) electrons. The number of rotatable bonds is 5. The van der Waals surface area contributed by atoms with E-state index in [0.717, 1.165) is 11.1 Å². The van der Waals surface area contributed by atoms with Gasteiger partial charge in [0.1, 0.15) is 5.60 Å². The molecule has 0 aliphatic heterocycles. The van der Waals surface area contributed by atoms with E-state index < -0.39 is 11.7 Å². The number of Topliss-reactive ketones (excluding diaryl/α,β-unsaturated/α-hetero) is 1. The quantitative estimate of drug-likeness (QED) is 0.805. The van der Waals surface area contributed by atoms with Crippen LogP contribution in [0.25, 0.3) is 0 Å². The summed E-state index contributed by atoms with van der Waals surface area (Å²) >= 11 is 0. The zero-order valence-corrected chi connectivity index (χ0v) is 15.5. The number of amides is 1. The molecule has 1 aromatic carbocycles. The van der Waals surface area contributed by atoms with E-state index in [2.05, 4.69) is 5.32 Å². The summed E-state index contributed by atoms with van der Waals surface area (Å²) in [5.74, 6) is 0.151. The molecule has 4 nitrogen and oxygen atoms in total. The second-order valence-corrected chi connectivity index (χ2v) is 6.39. The highest BCUT2D eigenvalue weighted by Crippen LogP contribution is 2.10. The maximum absolute atomic E-state index is 11.8. The average molecular weight is 321 g/mol. The first-order valence-electron chi connectivity index (χ1n) is 8.29. The first kappa shape index (κ1) is 21.2. The molecule has 0 aliphatic rings. The molecule has 0 atom stereocenters. The van der Waals surface area contributed by atoms with Crippen molar-refractivity contribution in [2.45, 2.75) is 60.5 Å². The minimum atomic E-state index is -0.483. The zero-order chi connectivity index (χ0) is 18.0. The summed E-state index contributed by atoms with van der Waals surface area (Å²) < 4.78 is 5.16. The molecule has 0 bridgehead atoms. The van der Waals surface area contributed by atoms with Crippen molar-refractivity contribution >= 4 is 11.9 Å². The van der Waals surface area contributed by atoms with E-state index >= 15 is 0 Å². The molecule has 0 fully saturated rings. The molecule has 1 rings (SSSR count). The predicted molar refractivity (Wildman–Crippen MR) is 94.9 cm³/mol. The summed E-state index contributed by atoms with van der Waals surface area (Å²) in [6.07, 6.45) is 0.296. The smallest absolute Gasteiger partial charge is 0.407 e. The maximum atomic E-state index is 11.8. The van der Waals surface area contributed by atoms with Crippen molar-refractivity contribution in [3.05, 3.63) is 35.4 Å². The number of hydrogen-bond donors (Lipinski definition) is 1. The number of carbonyl (C=O) groups excluding carboxylic acids is 2. The van der Waals surface area contributed by atoms with E-state index in [9.17, 15) is 9.59 Å². The third kappa shape index (κ3) is 9.01. The van der Waals surface area contributed by atoms with Gasteiger partial charge < -0.3 is 10.1 Å². The molecule has 0 unspecified atom stereocenters. The van der Waals surface area contributed by atoms with Gasteiger partial charge in [-0.1, -0.05) is 52.0 Å². The van der Waals surface area contributed by atoms with E-state index in [0.29, 0.717) is 13.0 Å². The molecule has 1 N–H and O–H groups in total. The van der Waals surface area contributed by atoms with Crippen molar-refractivity contribution < 1.29 is 14.3 Å². The van der Waals surface area contributed by atoms with Crippen LogP contribution >= 0.6 is 0 Å². The Bertz CT molecular complexity index is 484. The first-order valence-corrected chi connectivity index (χ1v) is 8.29. The molecule has 0 aliphatic carbocycles. The van der Waals surface area contributed by atoms with Gasteiger partial charge >= 0.3 is 6.09 Å². The van der Waals surface area contributed by atoms with Crippen LogP contribution in [0.1, 0.15) is 64.4 Å². The summed E-state index contributed by atoms with van der Waals surface area (Å²) in [7, 11) is 0. The maximum Gasteiger partial charge on any atom is 0.407 e. The average Bonchev–Trinajstić information content (AvgIpc) is 2.47. The number of benzene rings is 1. The molecule has 0 saturated heterocycles. The van der Waals surface area contributed by atoms with Crippen molar-refractivity contribution in [1.82, 2.24) is 5.32 Å². The number of ketones is 1. The Hall–Kier alpha value is -1.84. The number of nitrogens with one attached hydrogen (secondary N) is 1. The molecule has 23 heavy (non-hydrogen) atoms. The van der Waals surface area contributed by atoms with Crippen LogP contribution in [0.3, 0.4) is 0 Å². The van der Waals surface area contributed by atoms with Crippen LogP contribution < -0.4 is 5.32 Å². The van der Waals surface area contributed by atoms with Gasteiger partial charge in [0.25, 0.3) is 0 Å². The van der Waals surface area contributed by atoms with Gasteiger partial charge in [-0.2, -0.15) is 0 Å². The number of alkyl carbamates (subject to hydrolysis) is 1. The minimum Gasteiger partial charge on any atom is -0.444 e. The van der Waals surface area contributed by atoms with Crippen molar-refractivity contribution in [2.24, 2.45) is 5.92 Å². The van der Waals surface area contributed by atoms with E-state index in [-0.39, 0.29) is 11.7 Å². The third-order valence-electron chi connectivity index (χ3n) is 2.84. The van der Waals surface area contributed by atoms with Crippen LogP contribution in [0.15, 0.2) is 24.3 Å². The molecular weight excluding hydrogens is 290 g/mol. The van der Waals surface area contributed by atoms with Gasteiger partial charge in [0.2, 0.25) is 0 Å². The molecule has 4 heteroatoms. The molecule has 0 saturated carbocycles. The zero-order valence-electron chi connectivity index (χ0n) is 15.5. The van der Waals surface area contributed by atoms with Gasteiger partial charge in [0.05, 0.1) is 0 Å². The highest BCUT2D eigenvalue weighted by atomic mass is 16.6. The standard InChI is InChI=1S/C17H25NO3.C2H6/c1-12(2)15(19)14-8-6-13(7-9-14)10-11-18-16(20)21-17(3,4)5;1-2/h6-9,12H,10-11H2,1-5H3,(H,18,20);1-2H3. The summed E-state index contributed by atoms with van der Waals surface area (Å²) in [5, 5.41) is 2.72. The molecule has 0 heterocycles. The lowest BCUT2D eigenvalue weighted by Gasteiger charge is -2.19. The van der Waals surface area contributed by atoms with Gasteiger partial charge in [0.15, 0.2) is 5.78 Å². The Balaban J connectivity index is 0.00000232. The predicted octanol–water partition coefficient (Wildman–Crippen LogP) is 4.62. The summed E-state index contributed by atoms with van der Waals surface area (Å²) in [6.45, 7) is 13.8. The summed E-state index contributed by atoms with van der Waals surface area (Å²) in [4.78, 5) is 23.3. The van der Waals surface area contributed by atoms with Gasteiger partial charge in [-0.15, -0.1) is 0 Å². The van der Waals surface area contributed by atoms with Crippen molar-refractivity contribution in [3.63, 3.8) is 0 Å². The third-order valence-corrected chi connectivity index (χ3v) is 2.84. The molecular formula is C19H31NO3. The highest BCUT2D eigenvalue weighted by Gasteiger charge is 2.15. The highest BCUT2D eigenvalue weighted by molar-refractivity contribution is 5.97. The minimum absolute atomic E-state index is 0.00434. The molecule has 0 aromatic heterocycles. The Morgan fingerprint density at radius 2 is 1.61 bits per heavy atom. The summed E-state index contributed by atoms with van der Waals surface area (Å²) in [6, 6.07) is 7.52. The summed E-state index contributed by atoms with van der Waals surface area (Å²) in [5.41, 5.74) is 1.32. The van der Waals surface area contributed by atoms with Crippen molar-refractivity contribution in [3.8, 4) is 0 Å². The van der Waals surface area contributed by atoms with Crippen LogP contribution in [0.2, 0.25) is 0 Å². The fourth-order valence-electron chi connectivity index (χ4n) is 1.79. The monoisotopic (exact) mass is 321 g/mol. The number of ether oxygens (including phenoxy) is 1. The van der Waals surface area contributed by atoms with Gasteiger partial charge in [0, 0.05) is 18.0 Å². The van der Waals surface area contributed by atoms with E-state index in [1.54, 1.807) is 0 Å². The molecule has 130 valence electrons. The second kappa shape index (κ2) is 10.0. The lowest BCUT2D eigenvalue weighted by Crippen LogP contribution is -2.33. The lowest BCUT2D eigenvalue weighted by molar-refractivity contribution is 0.0528. The fourth-order valence-corrected chi connectivity index (χ4v) is 1.79. The topological polar surface area (TPSA) is 55.4 Å². The van der Waals surface area contributed by atoms with Gasteiger partial charge in [-0.05, 0) is 32.8 Å². The second-order valence-electron chi connectivity index (χ2n) is 6.39. The lowest BCUT2D eigenvalue weighted by atomic mass is 9.99. The van der Waals surface area contributed by atoms with Crippen LogP contribution in [-0.2, 0) is 11.2 Å². The Kier molecular flexibility index (Phi) is 9.23. The van der Waals surface area contributed by atoms with E-state index in [1.165, 1.54) is 0 Å². The normalized spacial score (nSPS) is 10.6. The van der Waals surface area contributed by atoms with E-state index in [4.69, 9.17) is 4.74 Å². The Labute approximate surface area is 140 Å². The molecule has 1 aromatic rings. The van der Waals surface area contributed by atoms with Gasteiger partial charge in [-0.25, -0.2) is 4.79 Å². The molecule has 1 amide bonds. The van der Waals surface area contributed by atoms with Crippen LogP contribution in [0.4, 0.5) is 4.79 Å². The molecule has 0 spiro atoms. The van der Waals surface area contributed by atoms with Gasteiger partial charge in [-0.3, -0.25) is 4.79 Å². The van der Waals surface area contributed by atoms with Crippen LogP contribution in [0.5, 0.6) is 0 Å². The Morgan fingerprint density at radius 1 is 1.09 bits per heavy atom. The van der Waals surface area contributed by atoms with Crippen LogP contribution in [0, 0.1) is 5.92 Å². The van der Waals surface area contributed by atoms with E-state index in [1.807, 2.05) is 72.7 Å². The largest absolute Gasteiger partial charge is 0.444 e. The number of carbonyl (C=O) groups is 2. The Morgan fingerprint density at radius 3 is 2.04 bits per heavy atom. The van der Waals surface area contributed by atoms with Crippen molar-refractivity contribution in [1.29, 1.82) is 0 Å².